The van der Waals surface area contributed by atoms with E-state index in [1.807, 2.05) is 25.1 Å². The monoisotopic (exact) mass is 556 g/mol. The third kappa shape index (κ3) is 8.27. The summed E-state index contributed by atoms with van der Waals surface area (Å²) in [5.41, 5.74) is 2.64. The summed E-state index contributed by atoms with van der Waals surface area (Å²) in [5, 5.41) is 8.87. The molecule has 0 aliphatic carbocycles. The van der Waals surface area contributed by atoms with Gasteiger partial charge in [0.2, 0.25) is 5.91 Å². The highest BCUT2D eigenvalue weighted by Crippen LogP contribution is 2.22. The first-order chi connectivity index (χ1) is 15.0. The van der Waals surface area contributed by atoms with Crippen molar-refractivity contribution in [2.24, 2.45) is 4.99 Å². The zero-order chi connectivity index (χ0) is 22.1. The van der Waals surface area contributed by atoms with Gasteiger partial charge < -0.3 is 25.4 Å². The summed E-state index contributed by atoms with van der Waals surface area (Å²) in [6, 6.07) is 11.7. The molecule has 1 atom stereocenters. The summed E-state index contributed by atoms with van der Waals surface area (Å²) in [4.78, 5) is 16.3. The summed E-state index contributed by atoms with van der Waals surface area (Å²) >= 11 is 0. The number of carbonyl (C=O) groups is 1. The summed E-state index contributed by atoms with van der Waals surface area (Å²) in [7, 11) is 1.64. The van der Waals surface area contributed by atoms with E-state index in [0.717, 1.165) is 36.3 Å². The smallest absolute Gasteiger partial charge is 0.243 e. The van der Waals surface area contributed by atoms with Crippen LogP contribution in [0.3, 0.4) is 0 Å². The van der Waals surface area contributed by atoms with Gasteiger partial charge in [0.15, 0.2) is 5.96 Å². The lowest BCUT2D eigenvalue weighted by Crippen LogP contribution is -2.41. The minimum Gasteiger partial charge on any atom is -0.491 e. The first-order valence-corrected chi connectivity index (χ1v) is 10.4. The van der Waals surface area contributed by atoms with E-state index in [-0.39, 0.29) is 48.3 Å². The number of anilines is 1. The second-order valence-electron chi connectivity index (χ2n) is 7.39. The van der Waals surface area contributed by atoms with Crippen LogP contribution < -0.4 is 20.7 Å². The predicted molar refractivity (Wildman–Crippen MR) is 134 cm³/mol. The Hall–Kier alpha value is -2.40. The van der Waals surface area contributed by atoms with Gasteiger partial charge in [-0.2, -0.15) is 0 Å². The van der Waals surface area contributed by atoms with Crippen LogP contribution in [-0.2, 0) is 16.1 Å². The summed E-state index contributed by atoms with van der Waals surface area (Å²) in [6.45, 7) is 3.87. The Bertz CT molecular complexity index is 903. The molecule has 0 bridgehead atoms. The molecule has 7 nitrogen and oxygen atoms in total. The van der Waals surface area contributed by atoms with E-state index in [4.69, 9.17) is 9.47 Å². The maximum Gasteiger partial charge on any atom is 0.243 e. The van der Waals surface area contributed by atoms with Crippen LogP contribution in [0.4, 0.5) is 10.1 Å². The number of amides is 1. The SMILES string of the molecule is CN=C(NCC(=O)Nc1ccc(F)cc1)NCc1ccc(C)cc1OCC1CCCO1.I. The molecular formula is C23H30FIN4O3. The van der Waals surface area contributed by atoms with Crippen molar-refractivity contribution in [1.82, 2.24) is 10.6 Å². The number of nitrogens with one attached hydrogen (secondary N) is 3. The zero-order valence-corrected chi connectivity index (χ0v) is 20.6. The quantitative estimate of drug-likeness (QED) is 0.263. The van der Waals surface area contributed by atoms with Crippen molar-refractivity contribution in [2.75, 3.05) is 32.1 Å². The molecule has 9 heteroatoms. The van der Waals surface area contributed by atoms with Crippen LogP contribution in [0.2, 0.25) is 0 Å². The average Bonchev–Trinajstić information content (AvgIpc) is 3.28. The number of nitrogens with zero attached hydrogens (tertiary/aromatic N) is 1. The van der Waals surface area contributed by atoms with E-state index in [0.29, 0.717) is 24.8 Å². The number of hydrogen-bond acceptors (Lipinski definition) is 4. The number of ether oxygens (including phenoxy) is 2. The number of carbonyl (C=O) groups excluding carboxylic acids is 1. The fourth-order valence-corrected chi connectivity index (χ4v) is 3.20. The molecule has 1 heterocycles. The third-order valence-corrected chi connectivity index (χ3v) is 4.89. The molecule has 1 saturated heterocycles. The van der Waals surface area contributed by atoms with E-state index in [1.54, 1.807) is 7.05 Å². The molecule has 3 rings (SSSR count). The number of hydrogen-bond donors (Lipinski definition) is 3. The minimum atomic E-state index is -0.351. The standard InChI is InChI=1S/C23H29FN4O3.HI/c1-16-5-6-17(21(12-16)31-15-20-4-3-11-30-20)13-26-23(25-2)27-14-22(29)28-19-9-7-18(24)8-10-19;/h5-10,12,20H,3-4,11,13-15H2,1-2H3,(H,28,29)(H2,25,26,27);1H. The third-order valence-electron chi connectivity index (χ3n) is 4.89. The van der Waals surface area contributed by atoms with E-state index in [2.05, 4.69) is 20.9 Å². The van der Waals surface area contributed by atoms with Crippen molar-refractivity contribution < 1.29 is 18.7 Å². The largest absolute Gasteiger partial charge is 0.491 e. The maximum absolute atomic E-state index is 13.0. The number of benzene rings is 2. The molecule has 174 valence electrons. The molecule has 2 aromatic rings. The van der Waals surface area contributed by atoms with Gasteiger partial charge >= 0.3 is 0 Å². The fourth-order valence-electron chi connectivity index (χ4n) is 3.20. The van der Waals surface area contributed by atoms with Crippen molar-refractivity contribution >= 4 is 41.5 Å². The molecule has 1 fully saturated rings. The van der Waals surface area contributed by atoms with Crippen LogP contribution in [0.25, 0.3) is 0 Å². The lowest BCUT2D eigenvalue weighted by Gasteiger charge is -2.17. The topological polar surface area (TPSA) is 84.0 Å². The Morgan fingerprint density at radius 3 is 2.69 bits per heavy atom. The summed E-state index contributed by atoms with van der Waals surface area (Å²) in [5.74, 6) is 0.689. The number of halogens is 2. The van der Waals surface area contributed by atoms with Crippen molar-refractivity contribution in [2.45, 2.75) is 32.4 Å². The van der Waals surface area contributed by atoms with E-state index < -0.39 is 0 Å². The van der Waals surface area contributed by atoms with Gasteiger partial charge in [-0.25, -0.2) is 4.39 Å². The van der Waals surface area contributed by atoms with Gasteiger partial charge in [0.25, 0.3) is 0 Å². The van der Waals surface area contributed by atoms with Gasteiger partial charge in [0.05, 0.1) is 12.6 Å². The van der Waals surface area contributed by atoms with Crippen LogP contribution in [0.15, 0.2) is 47.5 Å². The highest BCUT2D eigenvalue weighted by molar-refractivity contribution is 14.0. The Morgan fingerprint density at radius 2 is 2.00 bits per heavy atom. The normalized spacial score (nSPS) is 15.6. The molecule has 1 unspecified atom stereocenters. The van der Waals surface area contributed by atoms with Crippen molar-refractivity contribution in [3.05, 3.63) is 59.4 Å². The van der Waals surface area contributed by atoms with Gasteiger partial charge in [-0.1, -0.05) is 12.1 Å². The van der Waals surface area contributed by atoms with Crippen LogP contribution in [-0.4, -0.2) is 44.8 Å². The van der Waals surface area contributed by atoms with Crippen LogP contribution >= 0.6 is 24.0 Å². The molecule has 0 aromatic heterocycles. The van der Waals surface area contributed by atoms with E-state index in [1.165, 1.54) is 24.3 Å². The first kappa shape index (κ1) is 25.9. The highest BCUT2D eigenvalue weighted by atomic mass is 127. The fraction of sp³-hybridized carbons (Fsp3) is 0.391. The predicted octanol–water partition coefficient (Wildman–Crippen LogP) is 3.61. The Morgan fingerprint density at radius 1 is 1.22 bits per heavy atom. The van der Waals surface area contributed by atoms with Gasteiger partial charge in [-0.15, -0.1) is 24.0 Å². The summed E-state index contributed by atoms with van der Waals surface area (Å²) in [6.07, 6.45) is 2.25. The van der Waals surface area contributed by atoms with Crippen LogP contribution in [0, 0.1) is 12.7 Å². The minimum absolute atomic E-state index is 0. The molecule has 1 aliphatic rings. The number of aliphatic imine (C=N–C) groups is 1. The van der Waals surface area contributed by atoms with Crippen LogP contribution in [0.5, 0.6) is 5.75 Å². The van der Waals surface area contributed by atoms with Crippen molar-refractivity contribution in [3.8, 4) is 5.75 Å². The molecule has 1 amide bonds. The lowest BCUT2D eigenvalue weighted by molar-refractivity contribution is -0.115. The van der Waals surface area contributed by atoms with Gasteiger partial charge in [-0.3, -0.25) is 9.79 Å². The second-order valence-corrected chi connectivity index (χ2v) is 7.39. The van der Waals surface area contributed by atoms with E-state index in [9.17, 15) is 9.18 Å². The van der Waals surface area contributed by atoms with Gasteiger partial charge in [-0.05, 0) is 55.7 Å². The molecule has 0 spiro atoms. The van der Waals surface area contributed by atoms with Crippen molar-refractivity contribution in [1.29, 1.82) is 0 Å². The Kier molecular flexibility index (Phi) is 10.7. The van der Waals surface area contributed by atoms with E-state index >= 15 is 0 Å². The molecular weight excluding hydrogens is 526 g/mol. The Balaban J connectivity index is 0.00000363. The molecule has 3 N–H and O–H groups in total. The maximum atomic E-state index is 13.0. The van der Waals surface area contributed by atoms with Gasteiger partial charge in [0.1, 0.15) is 18.2 Å². The molecule has 1 aliphatic heterocycles. The lowest BCUT2D eigenvalue weighted by atomic mass is 10.1. The van der Waals surface area contributed by atoms with Gasteiger partial charge in [0, 0.05) is 31.5 Å². The second kappa shape index (κ2) is 13.2. The number of rotatable bonds is 8. The highest BCUT2D eigenvalue weighted by Gasteiger charge is 2.17. The molecule has 32 heavy (non-hydrogen) atoms. The zero-order valence-electron chi connectivity index (χ0n) is 18.3. The Labute approximate surface area is 205 Å². The van der Waals surface area contributed by atoms with Crippen LogP contribution in [0.1, 0.15) is 24.0 Å². The number of aryl methyl sites for hydroxylation is 1. The first-order valence-electron chi connectivity index (χ1n) is 10.4. The number of guanidine groups is 1. The van der Waals surface area contributed by atoms with Crippen molar-refractivity contribution in [3.63, 3.8) is 0 Å². The molecule has 0 radical (unpaired) electrons. The average molecular weight is 556 g/mol. The molecule has 2 aromatic carbocycles. The molecule has 0 saturated carbocycles. The summed E-state index contributed by atoms with van der Waals surface area (Å²) < 4.78 is 24.6.